The second kappa shape index (κ2) is 9.94. The first kappa shape index (κ1) is 20.7. The van der Waals surface area contributed by atoms with E-state index in [1.54, 1.807) is 12.1 Å². The number of amides is 2. The van der Waals surface area contributed by atoms with Crippen molar-refractivity contribution < 1.29 is 14.3 Å². The zero-order valence-electron chi connectivity index (χ0n) is 17.3. The van der Waals surface area contributed by atoms with E-state index in [4.69, 9.17) is 4.74 Å². The first-order valence-electron chi connectivity index (χ1n) is 10.9. The molecule has 0 atom stereocenters. The zero-order chi connectivity index (χ0) is 19.9. The van der Waals surface area contributed by atoms with Crippen molar-refractivity contribution in [3.05, 3.63) is 29.8 Å². The summed E-state index contributed by atoms with van der Waals surface area (Å²) in [7, 11) is 0. The Hall–Kier alpha value is -2.04. The average molecular weight is 387 g/mol. The van der Waals surface area contributed by atoms with Gasteiger partial charge < -0.3 is 15.0 Å². The molecule has 3 rings (SSSR count). The normalized spacial score (nSPS) is 18.9. The van der Waals surface area contributed by atoms with Crippen molar-refractivity contribution in [3.8, 4) is 5.75 Å². The molecule has 0 bridgehead atoms. The zero-order valence-corrected chi connectivity index (χ0v) is 17.3. The Bertz CT molecular complexity index is 642. The molecule has 2 fully saturated rings. The number of benzene rings is 1. The fourth-order valence-electron chi connectivity index (χ4n) is 4.19. The van der Waals surface area contributed by atoms with E-state index in [0.717, 1.165) is 44.5 Å². The largest absolute Gasteiger partial charge is 0.493 e. The highest BCUT2D eigenvalue weighted by Gasteiger charge is 2.29. The third-order valence-corrected chi connectivity index (χ3v) is 5.90. The highest BCUT2D eigenvalue weighted by molar-refractivity contribution is 5.94. The number of likely N-dealkylation sites (tertiary alicyclic amines) is 1. The van der Waals surface area contributed by atoms with Gasteiger partial charge in [-0.25, -0.2) is 0 Å². The number of hydrogen-bond donors (Lipinski definition) is 1. The van der Waals surface area contributed by atoms with Crippen LogP contribution in [0.2, 0.25) is 0 Å². The predicted molar refractivity (Wildman–Crippen MR) is 110 cm³/mol. The van der Waals surface area contributed by atoms with Crippen LogP contribution in [0.5, 0.6) is 5.75 Å². The van der Waals surface area contributed by atoms with Gasteiger partial charge in [-0.15, -0.1) is 0 Å². The number of piperidine rings is 1. The maximum absolute atomic E-state index is 12.7. The maximum Gasteiger partial charge on any atom is 0.251 e. The second-order valence-corrected chi connectivity index (χ2v) is 8.57. The van der Waals surface area contributed by atoms with Crippen LogP contribution in [0.15, 0.2) is 24.3 Å². The molecular weight excluding hydrogens is 352 g/mol. The summed E-state index contributed by atoms with van der Waals surface area (Å²) >= 11 is 0. The van der Waals surface area contributed by atoms with Crippen LogP contribution < -0.4 is 10.1 Å². The van der Waals surface area contributed by atoms with E-state index in [1.807, 2.05) is 26.0 Å². The molecule has 0 spiro atoms. The Morgan fingerprint density at radius 1 is 1.04 bits per heavy atom. The van der Waals surface area contributed by atoms with Gasteiger partial charge in [0.25, 0.3) is 5.91 Å². The van der Waals surface area contributed by atoms with E-state index in [0.29, 0.717) is 24.0 Å². The van der Waals surface area contributed by atoms with Gasteiger partial charge in [-0.05, 0) is 69.7 Å². The topological polar surface area (TPSA) is 58.6 Å². The van der Waals surface area contributed by atoms with Gasteiger partial charge in [0, 0.05) is 30.6 Å². The van der Waals surface area contributed by atoms with Crippen molar-refractivity contribution in [3.63, 3.8) is 0 Å². The van der Waals surface area contributed by atoms with Crippen LogP contribution in [0.25, 0.3) is 0 Å². The lowest BCUT2D eigenvalue weighted by molar-refractivity contribution is -0.138. The Kier molecular flexibility index (Phi) is 7.35. The van der Waals surface area contributed by atoms with Gasteiger partial charge in [0.05, 0.1) is 6.61 Å². The summed E-state index contributed by atoms with van der Waals surface area (Å²) in [5, 5.41) is 2.89. The summed E-state index contributed by atoms with van der Waals surface area (Å²) in [5.41, 5.74) is 0.649. The molecule has 5 heteroatoms. The summed E-state index contributed by atoms with van der Waals surface area (Å²) in [6.45, 7) is 6.28. The standard InChI is InChI=1S/C23H34N2O3/c1-17(2)24-22(26)19-8-10-21(11-9-19)28-16-18-12-14-25(15-13-18)23(27)20-6-4-3-5-7-20/h8-11,17-18,20H,3-7,12-16H2,1-2H3,(H,24,26). The minimum atomic E-state index is -0.0587. The van der Waals surface area contributed by atoms with Gasteiger partial charge in [0.15, 0.2) is 0 Å². The Morgan fingerprint density at radius 3 is 2.29 bits per heavy atom. The number of ether oxygens (including phenoxy) is 1. The van der Waals surface area contributed by atoms with Gasteiger partial charge >= 0.3 is 0 Å². The van der Waals surface area contributed by atoms with Crippen molar-refractivity contribution in [2.45, 2.75) is 64.8 Å². The molecule has 1 N–H and O–H groups in total. The van der Waals surface area contributed by atoms with Crippen LogP contribution >= 0.6 is 0 Å². The third kappa shape index (κ3) is 5.73. The molecule has 0 aromatic heterocycles. The highest BCUT2D eigenvalue weighted by atomic mass is 16.5. The molecule has 0 unspecified atom stereocenters. The Morgan fingerprint density at radius 2 is 1.68 bits per heavy atom. The van der Waals surface area contributed by atoms with Crippen LogP contribution in [0.3, 0.4) is 0 Å². The molecule has 1 aromatic rings. The smallest absolute Gasteiger partial charge is 0.251 e. The van der Waals surface area contributed by atoms with Crippen LogP contribution in [-0.2, 0) is 4.79 Å². The van der Waals surface area contributed by atoms with E-state index in [-0.39, 0.29) is 17.9 Å². The minimum Gasteiger partial charge on any atom is -0.493 e. The van der Waals surface area contributed by atoms with E-state index in [9.17, 15) is 9.59 Å². The Labute approximate surface area is 168 Å². The monoisotopic (exact) mass is 386 g/mol. The number of hydrogen-bond acceptors (Lipinski definition) is 3. The summed E-state index contributed by atoms with van der Waals surface area (Å²) in [4.78, 5) is 26.7. The molecule has 0 radical (unpaired) electrons. The second-order valence-electron chi connectivity index (χ2n) is 8.57. The van der Waals surface area contributed by atoms with Crippen LogP contribution in [0.1, 0.15) is 69.2 Å². The minimum absolute atomic E-state index is 0.0587. The molecule has 2 aliphatic rings. The highest BCUT2D eigenvalue weighted by Crippen LogP contribution is 2.28. The summed E-state index contributed by atoms with van der Waals surface area (Å²) in [6, 6.07) is 7.45. The molecule has 1 heterocycles. The van der Waals surface area contributed by atoms with E-state index >= 15 is 0 Å². The number of nitrogens with one attached hydrogen (secondary N) is 1. The first-order chi connectivity index (χ1) is 13.5. The first-order valence-corrected chi connectivity index (χ1v) is 10.9. The lowest BCUT2D eigenvalue weighted by atomic mass is 9.87. The van der Waals surface area contributed by atoms with Crippen LogP contribution in [0, 0.1) is 11.8 Å². The number of carbonyl (C=O) groups is 2. The van der Waals surface area contributed by atoms with Crippen molar-refractivity contribution >= 4 is 11.8 Å². The molecule has 154 valence electrons. The molecule has 1 saturated heterocycles. The van der Waals surface area contributed by atoms with E-state index in [1.165, 1.54) is 19.3 Å². The molecule has 5 nitrogen and oxygen atoms in total. The lowest BCUT2D eigenvalue weighted by Crippen LogP contribution is -2.43. The molecule has 1 saturated carbocycles. The predicted octanol–water partition coefficient (Wildman–Crippen LogP) is 4.02. The Balaban J connectivity index is 1.40. The van der Waals surface area contributed by atoms with Crippen molar-refractivity contribution in [2.24, 2.45) is 11.8 Å². The van der Waals surface area contributed by atoms with Gasteiger partial charge in [-0.1, -0.05) is 19.3 Å². The fraction of sp³-hybridized carbons (Fsp3) is 0.652. The third-order valence-electron chi connectivity index (χ3n) is 5.90. The maximum atomic E-state index is 12.7. The van der Waals surface area contributed by atoms with Gasteiger partial charge in [-0.3, -0.25) is 9.59 Å². The quantitative estimate of drug-likeness (QED) is 0.803. The number of rotatable bonds is 6. The molecule has 28 heavy (non-hydrogen) atoms. The van der Waals surface area contributed by atoms with Gasteiger partial charge in [-0.2, -0.15) is 0 Å². The lowest BCUT2D eigenvalue weighted by Gasteiger charge is -2.35. The van der Waals surface area contributed by atoms with Crippen molar-refractivity contribution in [1.82, 2.24) is 10.2 Å². The van der Waals surface area contributed by atoms with E-state index in [2.05, 4.69) is 10.2 Å². The van der Waals surface area contributed by atoms with Crippen molar-refractivity contribution in [2.75, 3.05) is 19.7 Å². The van der Waals surface area contributed by atoms with Crippen LogP contribution in [-0.4, -0.2) is 42.5 Å². The molecule has 1 aliphatic heterocycles. The molecule has 1 aromatic carbocycles. The summed E-state index contributed by atoms with van der Waals surface area (Å²) < 4.78 is 5.94. The molecule has 1 aliphatic carbocycles. The summed E-state index contributed by atoms with van der Waals surface area (Å²) in [6.07, 6.45) is 7.87. The summed E-state index contributed by atoms with van der Waals surface area (Å²) in [5.74, 6) is 1.87. The SMILES string of the molecule is CC(C)NC(=O)c1ccc(OCC2CCN(C(=O)C3CCCCC3)CC2)cc1. The van der Waals surface area contributed by atoms with Crippen LogP contribution in [0.4, 0.5) is 0 Å². The molecule has 2 amide bonds. The van der Waals surface area contributed by atoms with E-state index < -0.39 is 0 Å². The fourth-order valence-corrected chi connectivity index (χ4v) is 4.19. The van der Waals surface area contributed by atoms with Gasteiger partial charge in [0.1, 0.15) is 5.75 Å². The number of carbonyl (C=O) groups excluding carboxylic acids is 2. The average Bonchev–Trinajstić information content (AvgIpc) is 2.72. The number of nitrogens with zero attached hydrogens (tertiary/aromatic N) is 1. The molecular formula is C23H34N2O3. The van der Waals surface area contributed by atoms with Crippen molar-refractivity contribution in [1.29, 1.82) is 0 Å². The van der Waals surface area contributed by atoms with Gasteiger partial charge in [0.2, 0.25) is 5.91 Å².